The van der Waals surface area contributed by atoms with Gasteiger partial charge in [-0.15, -0.1) is 0 Å². The molecular weight excluding hydrogens is 282 g/mol. The highest BCUT2D eigenvalue weighted by Gasteiger charge is 2.12. The van der Waals surface area contributed by atoms with Gasteiger partial charge in [-0.1, -0.05) is 29.4 Å². The van der Waals surface area contributed by atoms with Crippen molar-refractivity contribution in [2.75, 3.05) is 17.3 Å². The van der Waals surface area contributed by atoms with Crippen molar-refractivity contribution in [3.63, 3.8) is 0 Å². The second-order valence-electron chi connectivity index (χ2n) is 3.57. The van der Waals surface area contributed by atoms with Crippen molar-refractivity contribution in [2.24, 2.45) is 0 Å². The molecule has 19 heavy (non-hydrogen) atoms. The number of nitrogens with two attached hydrogens (primary N) is 1. The van der Waals surface area contributed by atoms with Crippen molar-refractivity contribution in [1.82, 2.24) is 9.97 Å². The van der Waals surface area contributed by atoms with Crippen LogP contribution >= 0.6 is 23.4 Å². The Balaban J connectivity index is 2.44. The van der Waals surface area contributed by atoms with E-state index in [4.69, 9.17) is 22.6 Å². The van der Waals surface area contributed by atoms with Crippen LogP contribution in [-0.4, -0.2) is 16.2 Å². The van der Waals surface area contributed by atoms with Gasteiger partial charge in [-0.3, -0.25) is 0 Å². The van der Waals surface area contributed by atoms with Gasteiger partial charge in [-0.25, -0.2) is 9.97 Å². The highest BCUT2D eigenvalue weighted by atomic mass is 35.5. The number of halogens is 1. The van der Waals surface area contributed by atoms with Gasteiger partial charge in [0.05, 0.1) is 0 Å². The van der Waals surface area contributed by atoms with E-state index in [2.05, 4.69) is 15.3 Å². The maximum absolute atomic E-state index is 9.11. The Bertz CT molecular complexity index is 653. The normalized spacial score (nSPS) is 9.95. The van der Waals surface area contributed by atoms with Gasteiger partial charge in [0.15, 0.2) is 11.0 Å². The molecule has 0 atom stereocenters. The molecule has 0 saturated heterocycles. The average molecular weight is 292 g/mol. The van der Waals surface area contributed by atoms with Crippen molar-refractivity contribution < 1.29 is 0 Å². The number of aromatic nitrogens is 2. The summed E-state index contributed by atoms with van der Waals surface area (Å²) in [5.74, 6) is 0.535. The number of hydrogen-bond acceptors (Lipinski definition) is 6. The van der Waals surface area contributed by atoms with Gasteiger partial charge in [-0.05, 0) is 24.5 Å². The lowest BCUT2D eigenvalue weighted by Crippen LogP contribution is -2.05. The first-order valence-electron chi connectivity index (χ1n) is 5.28. The lowest BCUT2D eigenvalue weighted by atomic mass is 10.2. The number of benzene rings is 1. The predicted molar refractivity (Wildman–Crippen MR) is 77.7 cm³/mol. The van der Waals surface area contributed by atoms with Crippen molar-refractivity contribution in [3.8, 4) is 6.07 Å². The van der Waals surface area contributed by atoms with Crippen molar-refractivity contribution in [1.29, 1.82) is 5.26 Å². The van der Waals surface area contributed by atoms with E-state index in [-0.39, 0.29) is 11.4 Å². The van der Waals surface area contributed by atoms with E-state index in [9.17, 15) is 0 Å². The van der Waals surface area contributed by atoms with Crippen LogP contribution in [0, 0.1) is 11.3 Å². The van der Waals surface area contributed by atoms with E-state index in [0.29, 0.717) is 16.0 Å². The van der Waals surface area contributed by atoms with Crippen LogP contribution in [0.1, 0.15) is 5.56 Å². The predicted octanol–water partition coefficient (Wildman–Crippen LogP) is 3.05. The Hall–Kier alpha value is -1.97. The fourth-order valence-electron chi connectivity index (χ4n) is 1.45. The molecule has 0 unspecified atom stereocenters. The average Bonchev–Trinajstić information content (AvgIpc) is 2.38. The molecule has 0 aliphatic carbocycles. The van der Waals surface area contributed by atoms with Crippen molar-refractivity contribution in [2.45, 2.75) is 5.16 Å². The van der Waals surface area contributed by atoms with E-state index in [0.717, 1.165) is 5.69 Å². The highest BCUT2D eigenvalue weighted by Crippen LogP contribution is 2.25. The number of nitrogen functional groups attached to an aromatic ring is 1. The van der Waals surface area contributed by atoms with E-state index in [1.54, 1.807) is 18.2 Å². The van der Waals surface area contributed by atoms with Gasteiger partial charge in [0.2, 0.25) is 0 Å². The minimum Gasteiger partial charge on any atom is -0.382 e. The van der Waals surface area contributed by atoms with E-state index in [1.165, 1.54) is 11.8 Å². The van der Waals surface area contributed by atoms with Crippen LogP contribution in [0.5, 0.6) is 0 Å². The number of thioether (sulfide) groups is 1. The largest absolute Gasteiger partial charge is 0.382 e. The molecule has 0 aliphatic rings. The molecule has 1 aromatic carbocycles. The molecule has 5 nitrogen and oxygen atoms in total. The molecule has 1 heterocycles. The maximum atomic E-state index is 9.11. The highest BCUT2D eigenvalue weighted by molar-refractivity contribution is 7.98. The van der Waals surface area contributed by atoms with Crippen LogP contribution in [0.15, 0.2) is 29.4 Å². The van der Waals surface area contributed by atoms with Gasteiger partial charge >= 0.3 is 0 Å². The molecule has 3 N–H and O–H groups in total. The second-order valence-corrected chi connectivity index (χ2v) is 4.78. The lowest BCUT2D eigenvalue weighted by molar-refractivity contribution is 0.978. The summed E-state index contributed by atoms with van der Waals surface area (Å²) < 4.78 is 0. The number of hydrogen-bond donors (Lipinski definition) is 2. The molecule has 2 aromatic rings. The molecule has 0 fully saturated rings. The number of rotatable bonds is 3. The molecule has 1 aromatic heterocycles. The number of nitrogens with zero attached hydrogens (tertiary/aromatic N) is 3. The topological polar surface area (TPSA) is 87.6 Å². The second kappa shape index (κ2) is 5.78. The summed E-state index contributed by atoms with van der Waals surface area (Å²) in [5.41, 5.74) is 6.69. The molecule has 7 heteroatoms. The van der Waals surface area contributed by atoms with Crippen molar-refractivity contribution >= 4 is 40.7 Å². The Morgan fingerprint density at radius 3 is 2.84 bits per heavy atom. The van der Waals surface area contributed by atoms with Gasteiger partial charge in [-0.2, -0.15) is 5.26 Å². The molecule has 2 rings (SSSR count). The molecule has 0 radical (unpaired) electrons. The molecule has 0 amide bonds. The standard InChI is InChI=1S/C12H10ClN5S/c1-19-12-17-10(15)9(6-14)11(18-12)16-8-4-2-3-7(13)5-8/h2-5H,1H3,(H3,15,16,17,18). The monoisotopic (exact) mass is 291 g/mol. The van der Waals surface area contributed by atoms with Crippen LogP contribution < -0.4 is 11.1 Å². The number of anilines is 3. The molecule has 0 aliphatic heterocycles. The van der Waals surface area contributed by atoms with Crippen molar-refractivity contribution in [3.05, 3.63) is 34.9 Å². The van der Waals surface area contributed by atoms with E-state index < -0.39 is 0 Å². The quantitative estimate of drug-likeness (QED) is 0.667. The summed E-state index contributed by atoms with van der Waals surface area (Å²) >= 11 is 7.26. The third kappa shape index (κ3) is 3.08. The summed E-state index contributed by atoms with van der Waals surface area (Å²) in [7, 11) is 0. The van der Waals surface area contributed by atoms with Gasteiger partial charge in [0, 0.05) is 10.7 Å². The Labute approximate surface area is 119 Å². The van der Waals surface area contributed by atoms with E-state index in [1.807, 2.05) is 18.4 Å². The first-order valence-corrected chi connectivity index (χ1v) is 6.88. The minimum atomic E-state index is 0.159. The van der Waals surface area contributed by atoms with E-state index >= 15 is 0 Å². The first-order chi connectivity index (χ1) is 9.13. The fourth-order valence-corrected chi connectivity index (χ4v) is 2.01. The molecule has 0 saturated carbocycles. The van der Waals surface area contributed by atoms with Gasteiger partial charge in [0.25, 0.3) is 0 Å². The van der Waals surface area contributed by atoms with Crippen LogP contribution in [-0.2, 0) is 0 Å². The number of nitrogens with one attached hydrogen (secondary N) is 1. The third-order valence-corrected chi connectivity index (χ3v) is 3.08. The SMILES string of the molecule is CSc1nc(N)c(C#N)c(Nc2cccc(Cl)c2)n1. The summed E-state index contributed by atoms with van der Waals surface area (Å²) in [5, 5.41) is 13.2. The Kier molecular flexibility index (Phi) is 4.10. The van der Waals surface area contributed by atoms with Gasteiger partial charge < -0.3 is 11.1 Å². The minimum absolute atomic E-state index is 0.159. The zero-order valence-electron chi connectivity index (χ0n) is 10.0. The fraction of sp³-hybridized carbons (Fsp3) is 0.0833. The zero-order valence-corrected chi connectivity index (χ0v) is 11.6. The van der Waals surface area contributed by atoms with Crippen LogP contribution in [0.2, 0.25) is 5.02 Å². The molecule has 0 bridgehead atoms. The summed E-state index contributed by atoms with van der Waals surface area (Å²) in [6.45, 7) is 0. The van der Waals surface area contributed by atoms with Gasteiger partial charge in [0.1, 0.15) is 17.5 Å². The summed E-state index contributed by atoms with van der Waals surface area (Å²) in [6.07, 6.45) is 1.84. The third-order valence-electron chi connectivity index (χ3n) is 2.30. The Morgan fingerprint density at radius 2 is 2.21 bits per heavy atom. The summed E-state index contributed by atoms with van der Waals surface area (Å²) in [4.78, 5) is 8.27. The van der Waals surface area contributed by atoms with Crippen LogP contribution in [0.4, 0.5) is 17.3 Å². The smallest absolute Gasteiger partial charge is 0.191 e. The number of nitriles is 1. The van der Waals surface area contributed by atoms with Crippen LogP contribution in [0.25, 0.3) is 0 Å². The zero-order chi connectivity index (χ0) is 13.8. The lowest BCUT2D eigenvalue weighted by Gasteiger charge is -2.10. The Morgan fingerprint density at radius 1 is 1.42 bits per heavy atom. The summed E-state index contributed by atoms with van der Waals surface area (Å²) in [6, 6.07) is 9.12. The van der Waals surface area contributed by atoms with Crippen LogP contribution in [0.3, 0.4) is 0 Å². The molecule has 0 spiro atoms. The molecule has 96 valence electrons. The first kappa shape index (κ1) is 13.5. The molecular formula is C12H10ClN5S. The maximum Gasteiger partial charge on any atom is 0.191 e.